The molecule has 1 atom stereocenters. The Morgan fingerprint density at radius 3 is 2.75 bits per heavy atom. The van der Waals surface area contributed by atoms with Crippen LogP contribution in [-0.4, -0.2) is 18.1 Å². The van der Waals surface area contributed by atoms with Crippen LogP contribution < -0.4 is 11.1 Å². The number of aryl methyl sites for hydroxylation is 1. The van der Waals surface area contributed by atoms with E-state index in [9.17, 15) is 0 Å². The SMILES string of the molecule is Cc1nc(CCNCCCC(N)c2ccccc2)cs1. The maximum Gasteiger partial charge on any atom is 0.0897 e. The van der Waals surface area contributed by atoms with Crippen LogP contribution in [0.4, 0.5) is 0 Å². The van der Waals surface area contributed by atoms with E-state index >= 15 is 0 Å². The van der Waals surface area contributed by atoms with Crippen molar-refractivity contribution in [1.29, 1.82) is 0 Å². The molecule has 0 radical (unpaired) electrons. The van der Waals surface area contributed by atoms with Crippen LogP contribution >= 0.6 is 11.3 Å². The van der Waals surface area contributed by atoms with E-state index in [1.165, 1.54) is 11.3 Å². The van der Waals surface area contributed by atoms with E-state index < -0.39 is 0 Å². The number of hydrogen-bond acceptors (Lipinski definition) is 4. The zero-order valence-corrected chi connectivity index (χ0v) is 12.8. The van der Waals surface area contributed by atoms with Crippen LogP contribution in [0.3, 0.4) is 0 Å². The van der Waals surface area contributed by atoms with Gasteiger partial charge in [0.2, 0.25) is 0 Å². The number of thiazole rings is 1. The molecule has 0 saturated heterocycles. The van der Waals surface area contributed by atoms with Gasteiger partial charge in [-0.15, -0.1) is 11.3 Å². The fourth-order valence-corrected chi connectivity index (χ4v) is 2.83. The van der Waals surface area contributed by atoms with Gasteiger partial charge in [-0.1, -0.05) is 30.3 Å². The molecule has 2 rings (SSSR count). The molecule has 1 heterocycles. The van der Waals surface area contributed by atoms with Gasteiger partial charge < -0.3 is 11.1 Å². The van der Waals surface area contributed by atoms with Gasteiger partial charge in [0.25, 0.3) is 0 Å². The minimum Gasteiger partial charge on any atom is -0.324 e. The molecule has 20 heavy (non-hydrogen) atoms. The number of benzene rings is 1. The quantitative estimate of drug-likeness (QED) is 0.734. The van der Waals surface area contributed by atoms with Crippen molar-refractivity contribution < 1.29 is 0 Å². The molecule has 3 nitrogen and oxygen atoms in total. The number of rotatable bonds is 8. The second-order valence-electron chi connectivity index (χ2n) is 5.02. The zero-order valence-electron chi connectivity index (χ0n) is 12.0. The van der Waals surface area contributed by atoms with Crippen LogP contribution in [-0.2, 0) is 6.42 Å². The topological polar surface area (TPSA) is 50.9 Å². The number of hydrogen-bond donors (Lipinski definition) is 2. The predicted octanol–water partition coefficient (Wildman–Crippen LogP) is 3.06. The molecule has 1 aromatic heterocycles. The molecule has 3 N–H and O–H groups in total. The molecule has 0 spiro atoms. The monoisotopic (exact) mass is 289 g/mol. The molecule has 1 aromatic carbocycles. The van der Waals surface area contributed by atoms with Crippen LogP contribution in [0.1, 0.15) is 35.1 Å². The van der Waals surface area contributed by atoms with Crippen molar-refractivity contribution in [3.63, 3.8) is 0 Å². The van der Waals surface area contributed by atoms with Crippen LogP contribution in [0, 0.1) is 6.92 Å². The highest BCUT2D eigenvalue weighted by Gasteiger charge is 2.04. The highest BCUT2D eigenvalue weighted by Crippen LogP contribution is 2.14. The van der Waals surface area contributed by atoms with Crippen molar-refractivity contribution in [3.8, 4) is 0 Å². The van der Waals surface area contributed by atoms with Gasteiger partial charge in [0.1, 0.15) is 0 Å². The second kappa shape index (κ2) is 8.15. The third-order valence-corrected chi connectivity index (χ3v) is 4.14. The lowest BCUT2D eigenvalue weighted by molar-refractivity contribution is 0.566. The standard InChI is InChI=1S/C16H23N3S/c1-13-19-15(12-20-13)9-11-18-10-5-8-16(17)14-6-3-2-4-7-14/h2-4,6-7,12,16,18H,5,8-11,17H2,1H3. The first-order chi connectivity index (χ1) is 9.75. The van der Waals surface area contributed by atoms with E-state index in [1.54, 1.807) is 11.3 Å². The van der Waals surface area contributed by atoms with Crippen molar-refractivity contribution >= 4 is 11.3 Å². The Bertz CT molecular complexity index is 495. The first kappa shape index (κ1) is 15.2. The Morgan fingerprint density at radius 1 is 1.25 bits per heavy atom. The summed E-state index contributed by atoms with van der Waals surface area (Å²) < 4.78 is 0. The minimum atomic E-state index is 0.152. The van der Waals surface area contributed by atoms with E-state index in [-0.39, 0.29) is 6.04 Å². The molecule has 0 saturated carbocycles. The summed E-state index contributed by atoms with van der Waals surface area (Å²) in [6.07, 6.45) is 3.13. The molecule has 1 unspecified atom stereocenters. The molecule has 0 fully saturated rings. The van der Waals surface area contributed by atoms with E-state index in [1.807, 2.05) is 25.1 Å². The summed E-state index contributed by atoms with van der Waals surface area (Å²) in [5, 5.41) is 6.75. The average molecular weight is 289 g/mol. The first-order valence-electron chi connectivity index (χ1n) is 7.18. The van der Waals surface area contributed by atoms with Crippen LogP contribution in [0.5, 0.6) is 0 Å². The largest absolute Gasteiger partial charge is 0.324 e. The second-order valence-corrected chi connectivity index (χ2v) is 6.08. The van der Waals surface area contributed by atoms with Gasteiger partial charge in [-0.3, -0.25) is 0 Å². The van der Waals surface area contributed by atoms with Crippen molar-refractivity contribution in [1.82, 2.24) is 10.3 Å². The van der Waals surface area contributed by atoms with Gasteiger partial charge in [0, 0.05) is 24.4 Å². The maximum absolute atomic E-state index is 6.17. The molecular formula is C16H23N3S. The van der Waals surface area contributed by atoms with Gasteiger partial charge in [-0.25, -0.2) is 4.98 Å². The Balaban J connectivity index is 1.55. The van der Waals surface area contributed by atoms with Crippen LogP contribution in [0.25, 0.3) is 0 Å². The summed E-state index contributed by atoms with van der Waals surface area (Å²) in [4.78, 5) is 4.45. The van der Waals surface area contributed by atoms with Gasteiger partial charge in [-0.2, -0.15) is 0 Å². The summed E-state index contributed by atoms with van der Waals surface area (Å²) in [5.41, 5.74) is 8.59. The molecule has 0 aliphatic carbocycles. The normalized spacial score (nSPS) is 12.5. The summed E-state index contributed by atoms with van der Waals surface area (Å²) in [6, 6.07) is 10.5. The van der Waals surface area contributed by atoms with Crippen molar-refractivity contribution in [2.75, 3.05) is 13.1 Å². The van der Waals surface area contributed by atoms with E-state index in [2.05, 4.69) is 27.8 Å². The molecule has 0 bridgehead atoms. The lowest BCUT2D eigenvalue weighted by atomic mass is 10.0. The number of nitrogens with two attached hydrogens (primary N) is 1. The van der Waals surface area contributed by atoms with Crippen molar-refractivity contribution in [3.05, 3.63) is 52.0 Å². The maximum atomic E-state index is 6.17. The summed E-state index contributed by atoms with van der Waals surface area (Å²) in [6.45, 7) is 4.06. The summed E-state index contributed by atoms with van der Waals surface area (Å²) >= 11 is 1.72. The molecule has 0 amide bonds. The van der Waals surface area contributed by atoms with E-state index in [0.717, 1.165) is 37.4 Å². The molecule has 2 aromatic rings. The smallest absolute Gasteiger partial charge is 0.0897 e. The van der Waals surface area contributed by atoms with Gasteiger partial charge >= 0.3 is 0 Å². The fraction of sp³-hybridized carbons (Fsp3) is 0.438. The lowest BCUT2D eigenvalue weighted by Gasteiger charge is -2.12. The predicted molar refractivity (Wildman–Crippen MR) is 86.0 cm³/mol. The number of nitrogens with one attached hydrogen (secondary N) is 1. The number of aromatic nitrogens is 1. The molecule has 0 aliphatic rings. The van der Waals surface area contributed by atoms with Crippen LogP contribution in [0.2, 0.25) is 0 Å². The van der Waals surface area contributed by atoms with Gasteiger partial charge in [0.15, 0.2) is 0 Å². The van der Waals surface area contributed by atoms with E-state index in [0.29, 0.717) is 0 Å². The summed E-state index contributed by atoms with van der Waals surface area (Å²) in [5.74, 6) is 0. The lowest BCUT2D eigenvalue weighted by Crippen LogP contribution is -2.20. The molecule has 4 heteroatoms. The minimum absolute atomic E-state index is 0.152. The Morgan fingerprint density at radius 2 is 2.05 bits per heavy atom. The molecule has 0 aliphatic heterocycles. The molecule has 108 valence electrons. The van der Waals surface area contributed by atoms with Gasteiger partial charge in [-0.05, 0) is 31.9 Å². The zero-order chi connectivity index (χ0) is 14.2. The third-order valence-electron chi connectivity index (χ3n) is 3.32. The Kier molecular flexibility index (Phi) is 6.18. The van der Waals surface area contributed by atoms with E-state index in [4.69, 9.17) is 5.73 Å². The van der Waals surface area contributed by atoms with Crippen LogP contribution in [0.15, 0.2) is 35.7 Å². The Hall–Kier alpha value is -1.23. The van der Waals surface area contributed by atoms with Crippen molar-refractivity contribution in [2.24, 2.45) is 5.73 Å². The highest BCUT2D eigenvalue weighted by atomic mass is 32.1. The fourth-order valence-electron chi connectivity index (χ4n) is 2.18. The average Bonchev–Trinajstić information content (AvgIpc) is 2.89. The molecular weight excluding hydrogens is 266 g/mol. The third kappa shape index (κ3) is 5.04. The Labute approximate surface area is 125 Å². The first-order valence-corrected chi connectivity index (χ1v) is 8.06. The number of nitrogens with zero attached hydrogens (tertiary/aromatic N) is 1. The van der Waals surface area contributed by atoms with Crippen molar-refractivity contribution in [2.45, 2.75) is 32.2 Å². The van der Waals surface area contributed by atoms with Gasteiger partial charge in [0.05, 0.1) is 10.7 Å². The summed E-state index contributed by atoms with van der Waals surface area (Å²) in [7, 11) is 0. The highest BCUT2D eigenvalue weighted by molar-refractivity contribution is 7.09.